The van der Waals surface area contributed by atoms with Crippen LogP contribution in [-0.2, 0) is 13.1 Å². The molecule has 2 atom stereocenters. The summed E-state index contributed by atoms with van der Waals surface area (Å²) in [5.41, 5.74) is 5.78. The fourth-order valence-corrected chi connectivity index (χ4v) is 6.54. The molecule has 0 spiro atoms. The lowest BCUT2D eigenvalue weighted by atomic mass is 9.95. The molecule has 3 aromatic rings. The van der Waals surface area contributed by atoms with Crippen molar-refractivity contribution in [2.24, 2.45) is 5.92 Å². The second kappa shape index (κ2) is 13.9. The molecule has 11 nitrogen and oxygen atoms in total. The summed E-state index contributed by atoms with van der Waals surface area (Å²) in [6.07, 6.45) is 1.02. The van der Waals surface area contributed by atoms with Crippen molar-refractivity contribution in [1.82, 2.24) is 29.8 Å². The number of benzene rings is 2. The van der Waals surface area contributed by atoms with E-state index in [1.54, 1.807) is 19.0 Å². The normalized spacial score (nSPS) is 17.8. The molecule has 5 rings (SSSR count). The van der Waals surface area contributed by atoms with Gasteiger partial charge < -0.3 is 30.2 Å². The van der Waals surface area contributed by atoms with Crippen molar-refractivity contribution >= 4 is 29.2 Å². The Morgan fingerprint density at radius 3 is 2.30 bits per heavy atom. The molecule has 1 aromatic heterocycles. The lowest BCUT2D eigenvalue weighted by Crippen LogP contribution is -2.35. The Balaban J connectivity index is 1.23. The molecule has 0 radical (unpaired) electrons. The molecular formula is C35H48N8O3. The molecule has 2 N–H and O–H groups in total. The number of carbonyl (C=O) groups is 3. The monoisotopic (exact) mass is 628 g/mol. The van der Waals surface area contributed by atoms with Crippen molar-refractivity contribution in [1.29, 1.82) is 0 Å². The SMILES string of the molecule is CC(C)n1nc(C(=O)NCc2ccc(NC(=O)N3CC[C@H](CN(C)C)C3)cc2)c2c1[C@@H](C)CN(c1ccc(C(=O)N(C)C)cc1)C2. The Morgan fingerprint density at radius 2 is 1.67 bits per heavy atom. The van der Waals surface area contributed by atoms with E-state index in [4.69, 9.17) is 5.10 Å². The Kier molecular flexibility index (Phi) is 10.0. The van der Waals surface area contributed by atoms with Crippen LogP contribution in [0.3, 0.4) is 0 Å². The summed E-state index contributed by atoms with van der Waals surface area (Å²) in [5, 5.41) is 10.9. The van der Waals surface area contributed by atoms with E-state index in [9.17, 15) is 14.4 Å². The molecule has 11 heteroatoms. The fourth-order valence-electron chi connectivity index (χ4n) is 6.54. The van der Waals surface area contributed by atoms with Gasteiger partial charge in [0.2, 0.25) is 0 Å². The predicted octanol–water partition coefficient (Wildman–Crippen LogP) is 4.63. The number of fused-ring (bicyclic) bond motifs is 1. The molecule has 0 bridgehead atoms. The molecule has 0 unspecified atom stereocenters. The Hall–Kier alpha value is -4.38. The van der Waals surface area contributed by atoms with E-state index in [0.717, 1.165) is 60.8 Å². The summed E-state index contributed by atoms with van der Waals surface area (Å²) in [6.45, 7) is 10.5. The van der Waals surface area contributed by atoms with Gasteiger partial charge in [0, 0.05) is 93.5 Å². The van der Waals surface area contributed by atoms with E-state index in [2.05, 4.69) is 55.3 Å². The number of nitrogens with one attached hydrogen (secondary N) is 2. The average Bonchev–Trinajstić information content (AvgIpc) is 3.65. The van der Waals surface area contributed by atoms with E-state index >= 15 is 0 Å². The number of likely N-dealkylation sites (tertiary alicyclic amines) is 1. The first-order chi connectivity index (χ1) is 21.9. The second-order valence-electron chi connectivity index (χ2n) is 13.5. The van der Waals surface area contributed by atoms with Gasteiger partial charge in [0.05, 0.1) is 0 Å². The van der Waals surface area contributed by atoms with Crippen LogP contribution in [0.1, 0.15) is 76.8 Å². The number of anilines is 2. The van der Waals surface area contributed by atoms with Gasteiger partial charge >= 0.3 is 6.03 Å². The molecule has 2 aromatic carbocycles. The number of hydrogen-bond acceptors (Lipinski definition) is 6. The van der Waals surface area contributed by atoms with Crippen LogP contribution in [0.15, 0.2) is 48.5 Å². The highest BCUT2D eigenvalue weighted by Crippen LogP contribution is 2.35. The summed E-state index contributed by atoms with van der Waals surface area (Å²) in [4.78, 5) is 46.6. The van der Waals surface area contributed by atoms with Gasteiger partial charge in [-0.15, -0.1) is 0 Å². The van der Waals surface area contributed by atoms with E-state index < -0.39 is 0 Å². The molecule has 4 amide bonds. The van der Waals surface area contributed by atoms with Crippen LogP contribution in [0.5, 0.6) is 0 Å². The third-order valence-corrected chi connectivity index (χ3v) is 8.80. The molecule has 0 aliphatic carbocycles. The first-order valence-electron chi connectivity index (χ1n) is 16.2. The topological polar surface area (TPSA) is 106 Å². The number of rotatable bonds is 9. The van der Waals surface area contributed by atoms with Gasteiger partial charge in [0.25, 0.3) is 11.8 Å². The predicted molar refractivity (Wildman–Crippen MR) is 181 cm³/mol. The molecule has 1 saturated heterocycles. The van der Waals surface area contributed by atoms with Crippen molar-refractivity contribution in [2.75, 3.05) is 64.6 Å². The van der Waals surface area contributed by atoms with Crippen molar-refractivity contribution < 1.29 is 14.4 Å². The van der Waals surface area contributed by atoms with E-state index in [0.29, 0.717) is 30.3 Å². The van der Waals surface area contributed by atoms with Crippen molar-refractivity contribution in [3.8, 4) is 0 Å². The Morgan fingerprint density at radius 1 is 0.978 bits per heavy atom. The van der Waals surface area contributed by atoms with Gasteiger partial charge in [-0.05, 0) is 82.2 Å². The third-order valence-electron chi connectivity index (χ3n) is 8.80. The van der Waals surface area contributed by atoms with Gasteiger partial charge in [0.15, 0.2) is 5.69 Å². The zero-order valence-corrected chi connectivity index (χ0v) is 28.2. The standard InChI is InChI=1S/C35H48N8O3/c1-23(2)43-32-24(3)19-42(29-14-10-27(11-15-29)34(45)40(6)7)22-30(32)31(38-43)33(44)36-18-25-8-12-28(13-9-25)37-35(46)41-17-16-26(21-41)20-39(4)5/h8-15,23-24,26H,16-22H2,1-7H3,(H,36,44)(H,37,46)/t24-,26+/m0/s1. The van der Waals surface area contributed by atoms with E-state index in [1.807, 2.05) is 58.1 Å². The maximum Gasteiger partial charge on any atom is 0.321 e. The molecule has 3 heterocycles. The summed E-state index contributed by atoms with van der Waals surface area (Å²) >= 11 is 0. The van der Waals surface area contributed by atoms with Gasteiger partial charge in [-0.25, -0.2) is 4.79 Å². The lowest BCUT2D eigenvalue weighted by molar-refractivity contribution is 0.0827. The van der Waals surface area contributed by atoms with E-state index in [1.165, 1.54) is 0 Å². The highest BCUT2D eigenvalue weighted by molar-refractivity contribution is 5.95. The minimum Gasteiger partial charge on any atom is -0.366 e. The lowest BCUT2D eigenvalue weighted by Gasteiger charge is -2.34. The van der Waals surface area contributed by atoms with Crippen LogP contribution < -0.4 is 15.5 Å². The molecule has 1 fully saturated rings. The number of nitrogens with zero attached hydrogens (tertiary/aromatic N) is 6. The van der Waals surface area contributed by atoms with Crippen LogP contribution in [0.4, 0.5) is 16.2 Å². The van der Waals surface area contributed by atoms with Crippen LogP contribution in [-0.4, -0.2) is 96.7 Å². The van der Waals surface area contributed by atoms with Crippen molar-refractivity contribution in [2.45, 2.75) is 52.2 Å². The Labute approximate surface area is 272 Å². The van der Waals surface area contributed by atoms with Crippen LogP contribution in [0.2, 0.25) is 0 Å². The zero-order valence-electron chi connectivity index (χ0n) is 28.2. The van der Waals surface area contributed by atoms with Gasteiger partial charge in [0.1, 0.15) is 0 Å². The van der Waals surface area contributed by atoms with Crippen molar-refractivity contribution in [3.05, 3.63) is 76.6 Å². The summed E-state index contributed by atoms with van der Waals surface area (Å²) in [5.74, 6) is 0.413. The molecule has 46 heavy (non-hydrogen) atoms. The first kappa shape index (κ1) is 33.0. The number of urea groups is 1. The average molecular weight is 629 g/mol. The summed E-state index contributed by atoms with van der Waals surface area (Å²) in [6, 6.07) is 15.3. The largest absolute Gasteiger partial charge is 0.366 e. The molecule has 2 aliphatic heterocycles. The summed E-state index contributed by atoms with van der Waals surface area (Å²) in [7, 11) is 7.61. The quantitative estimate of drug-likeness (QED) is 0.358. The minimum absolute atomic E-state index is 0.0339. The van der Waals surface area contributed by atoms with Crippen LogP contribution in [0, 0.1) is 5.92 Å². The molecule has 246 valence electrons. The Bertz CT molecular complexity index is 1540. The third kappa shape index (κ3) is 7.36. The fraction of sp³-hybridized carbons (Fsp3) is 0.486. The summed E-state index contributed by atoms with van der Waals surface area (Å²) < 4.78 is 1.99. The molecular weight excluding hydrogens is 580 g/mol. The molecule has 2 aliphatic rings. The smallest absolute Gasteiger partial charge is 0.321 e. The number of amides is 4. The number of carbonyl (C=O) groups excluding carboxylic acids is 3. The minimum atomic E-state index is -0.213. The maximum atomic E-state index is 13.6. The van der Waals surface area contributed by atoms with Gasteiger partial charge in [-0.2, -0.15) is 5.10 Å². The van der Waals surface area contributed by atoms with E-state index in [-0.39, 0.29) is 29.8 Å². The zero-order chi connectivity index (χ0) is 33.1. The number of aromatic nitrogens is 2. The van der Waals surface area contributed by atoms with Gasteiger partial charge in [-0.3, -0.25) is 14.3 Å². The number of hydrogen-bond donors (Lipinski definition) is 2. The second-order valence-corrected chi connectivity index (χ2v) is 13.5. The van der Waals surface area contributed by atoms with Gasteiger partial charge in [-0.1, -0.05) is 19.1 Å². The maximum absolute atomic E-state index is 13.6. The first-order valence-corrected chi connectivity index (χ1v) is 16.2. The van der Waals surface area contributed by atoms with Crippen LogP contribution >= 0.6 is 0 Å². The van der Waals surface area contributed by atoms with Crippen molar-refractivity contribution in [3.63, 3.8) is 0 Å². The highest BCUT2D eigenvalue weighted by Gasteiger charge is 2.33. The van der Waals surface area contributed by atoms with Crippen LogP contribution in [0.25, 0.3) is 0 Å². The highest BCUT2D eigenvalue weighted by atomic mass is 16.2. The molecule has 0 saturated carbocycles.